The second-order valence-corrected chi connectivity index (χ2v) is 5.83. The summed E-state index contributed by atoms with van der Waals surface area (Å²) in [5.74, 6) is -2.38. The van der Waals surface area contributed by atoms with Crippen LogP contribution in [0.3, 0.4) is 0 Å². The highest BCUT2D eigenvalue weighted by Gasteiger charge is 2.51. The Labute approximate surface area is 121 Å². The van der Waals surface area contributed by atoms with Gasteiger partial charge in [0.05, 0.1) is 11.7 Å². The molecular formula is C17H14O4. The van der Waals surface area contributed by atoms with Crippen LogP contribution in [0.25, 0.3) is 0 Å². The van der Waals surface area contributed by atoms with Crippen molar-refractivity contribution >= 4 is 11.6 Å². The molecule has 0 saturated carbocycles. The first-order valence-electron chi connectivity index (χ1n) is 7.00. The van der Waals surface area contributed by atoms with E-state index in [2.05, 4.69) is 0 Å². The summed E-state index contributed by atoms with van der Waals surface area (Å²) in [6, 6.07) is 6.75. The molecule has 3 aliphatic rings. The molecule has 2 aliphatic carbocycles. The van der Waals surface area contributed by atoms with Crippen LogP contribution in [-0.2, 0) is 4.74 Å². The quantitative estimate of drug-likeness (QED) is 0.740. The summed E-state index contributed by atoms with van der Waals surface area (Å²) in [5, 5.41) is 10.5. The summed E-state index contributed by atoms with van der Waals surface area (Å²) in [4.78, 5) is 25.6. The third-order valence-corrected chi connectivity index (χ3v) is 4.47. The molecule has 106 valence electrons. The van der Waals surface area contributed by atoms with Crippen LogP contribution in [-0.4, -0.2) is 28.6 Å². The van der Waals surface area contributed by atoms with Gasteiger partial charge in [-0.1, -0.05) is 36.4 Å². The van der Waals surface area contributed by atoms with Crippen LogP contribution in [0.1, 0.15) is 34.1 Å². The Balaban J connectivity index is 1.99. The number of hydrogen-bond acceptors (Lipinski definition) is 4. The standard InChI is InChI=1S/C17H14O4/c1-17(20)14-13(11-7-4-8-12(11)21-17)15(18)9-5-2-3-6-10(9)16(14)19/h2-6,8,11-12,20H,7H2,1H3/t11-,12+,17-/m0/s1. The summed E-state index contributed by atoms with van der Waals surface area (Å²) >= 11 is 0. The lowest BCUT2D eigenvalue weighted by Gasteiger charge is -2.41. The van der Waals surface area contributed by atoms with Gasteiger partial charge in [0.15, 0.2) is 17.4 Å². The lowest BCUT2D eigenvalue weighted by Crippen LogP contribution is -2.48. The topological polar surface area (TPSA) is 63.6 Å². The fraction of sp³-hybridized carbons (Fsp3) is 0.294. The number of ether oxygens (including phenoxy) is 1. The molecule has 0 unspecified atom stereocenters. The largest absolute Gasteiger partial charge is 0.362 e. The number of allylic oxidation sites excluding steroid dienone is 1. The highest BCUT2D eigenvalue weighted by molar-refractivity contribution is 6.27. The number of aliphatic hydroxyl groups is 1. The SMILES string of the molecule is C[C@]1(O)O[C@@H]2C=CC[C@@H]2C2=C1C(=O)c1ccccc1C2=O. The molecule has 1 heterocycles. The van der Waals surface area contributed by atoms with Gasteiger partial charge in [-0.15, -0.1) is 0 Å². The number of fused-ring (bicyclic) bond motifs is 3. The summed E-state index contributed by atoms with van der Waals surface area (Å²) in [6.07, 6.45) is 4.09. The molecule has 1 aliphatic heterocycles. The number of hydrogen-bond donors (Lipinski definition) is 1. The van der Waals surface area contributed by atoms with Crippen LogP contribution in [0.2, 0.25) is 0 Å². The lowest BCUT2D eigenvalue weighted by atomic mass is 9.73. The second-order valence-electron chi connectivity index (χ2n) is 5.83. The Morgan fingerprint density at radius 3 is 2.57 bits per heavy atom. The molecule has 0 amide bonds. The first kappa shape index (κ1) is 12.7. The van der Waals surface area contributed by atoms with Crippen LogP contribution in [0.5, 0.6) is 0 Å². The van der Waals surface area contributed by atoms with E-state index in [1.165, 1.54) is 6.92 Å². The molecule has 4 nitrogen and oxygen atoms in total. The first-order chi connectivity index (χ1) is 10.0. The number of rotatable bonds is 0. The summed E-state index contributed by atoms with van der Waals surface area (Å²) < 4.78 is 5.64. The van der Waals surface area contributed by atoms with Crippen molar-refractivity contribution in [1.29, 1.82) is 0 Å². The van der Waals surface area contributed by atoms with Gasteiger partial charge in [0, 0.05) is 22.6 Å². The lowest BCUT2D eigenvalue weighted by molar-refractivity contribution is -0.193. The van der Waals surface area contributed by atoms with Gasteiger partial charge in [-0.25, -0.2) is 0 Å². The fourth-order valence-electron chi connectivity index (χ4n) is 3.56. The van der Waals surface area contributed by atoms with E-state index >= 15 is 0 Å². The van der Waals surface area contributed by atoms with Crippen molar-refractivity contribution in [3.8, 4) is 0 Å². The third kappa shape index (κ3) is 1.57. The Morgan fingerprint density at radius 1 is 1.19 bits per heavy atom. The maximum absolute atomic E-state index is 12.8. The summed E-state index contributed by atoms with van der Waals surface area (Å²) in [6.45, 7) is 1.43. The molecule has 0 bridgehead atoms. The van der Waals surface area contributed by atoms with Gasteiger partial charge in [-0.05, 0) is 13.3 Å². The molecule has 0 radical (unpaired) electrons. The Bertz CT molecular complexity index is 739. The van der Waals surface area contributed by atoms with E-state index < -0.39 is 5.79 Å². The van der Waals surface area contributed by atoms with Gasteiger partial charge in [0.1, 0.15) is 0 Å². The van der Waals surface area contributed by atoms with Crippen molar-refractivity contribution < 1.29 is 19.4 Å². The Morgan fingerprint density at radius 2 is 1.86 bits per heavy atom. The number of carbonyl (C=O) groups is 2. The van der Waals surface area contributed by atoms with Crippen LogP contribution < -0.4 is 0 Å². The molecule has 0 saturated heterocycles. The zero-order valence-electron chi connectivity index (χ0n) is 11.5. The molecule has 0 fully saturated rings. The molecule has 3 atom stereocenters. The minimum Gasteiger partial charge on any atom is -0.362 e. The summed E-state index contributed by atoms with van der Waals surface area (Å²) in [5.41, 5.74) is 1.29. The van der Waals surface area contributed by atoms with E-state index in [1.54, 1.807) is 24.3 Å². The molecule has 0 aromatic heterocycles. The monoisotopic (exact) mass is 282 g/mol. The van der Waals surface area contributed by atoms with Gasteiger partial charge in [-0.2, -0.15) is 0 Å². The molecule has 1 N–H and O–H groups in total. The van der Waals surface area contributed by atoms with E-state index in [9.17, 15) is 14.7 Å². The van der Waals surface area contributed by atoms with Crippen molar-refractivity contribution in [3.63, 3.8) is 0 Å². The molecular weight excluding hydrogens is 268 g/mol. The maximum Gasteiger partial charge on any atom is 0.195 e. The molecule has 4 rings (SSSR count). The minimum absolute atomic E-state index is 0.108. The number of Topliss-reactive ketones (excluding diaryl/α,β-unsaturated/α-hetero) is 2. The van der Waals surface area contributed by atoms with Gasteiger partial charge in [0.2, 0.25) is 0 Å². The van der Waals surface area contributed by atoms with Crippen LogP contribution >= 0.6 is 0 Å². The van der Waals surface area contributed by atoms with Crippen molar-refractivity contribution in [2.75, 3.05) is 0 Å². The van der Waals surface area contributed by atoms with Crippen LogP contribution in [0, 0.1) is 5.92 Å². The van der Waals surface area contributed by atoms with E-state index in [0.29, 0.717) is 23.1 Å². The van der Waals surface area contributed by atoms with E-state index in [0.717, 1.165) is 0 Å². The average molecular weight is 282 g/mol. The van der Waals surface area contributed by atoms with Crippen molar-refractivity contribution in [2.24, 2.45) is 5.92 Å². The minimum atomic E-state index is -1.73. The van der Waals surface area contributed by atoms with E-state index in [-0.39, 0.29) is 29.2 Å². The van der Waals surface area contributed by atoms with Crippen molar-refractivity contribution in [3.05, 3.63) is 58.7 Å². The smallest absolute Gasteiger partial charge is 0.195 e. The average Bonchev–Trinajstić information content (AvgIpc) is 2.90. The van der Waals surface area contributed by atoms with Crippen molar-refractivity contribution in [1.82, 2.24) is 0 Å². The van der Waals surface area contributed by atoms with E-state index in [4.69, 9.17) is 4.74 Å². The van der Waals surface area contributed by atoms with E-state index in [1.807, 2.05) is 12.2 Å². The zero-order chi connectivity index (χ0) is 14.8. The van der Waals surface area contributed by atoms with Gasteiger partial charge in [-0.3, -0.25) is 9.59 Å². The predicted molar refractivity (Wildman–Crippen MR) is 74.9 cm³/mol. The highest BCUT2D eigenvalue weighted by Crippen LogP contribution is 2.45. The maximum atomic E-state index is 12.8. The third-order valence-electron chi connectivity index (χ3n) is 4.47. The van der Waals surface area contributed by atoms with Gasteiger partial charge in [0.25, 0.3) is 0 Å². The molecule has 1 aromatic carbocycles. The number of carbonyl (C=O) groups excluding carboxylic acids is 2. The van der Waals surface area contributed by atoms with Gasteiger partial charge >= 0.3 is 0 Å². The Kier molecular flexibility index (Phi) is 2.41. The first-order valence-corrected chi connectivity index (χ1v) is 7.00. The Hall–Kier alpha value is -2.04. The zero-order valence-corrected chi connectivity index (χ0v) is 11.5. The number of benzene rings is 1. The molecule has 0 spiro atoms. The summed E-state index contributed by atoms with van der Waals surface area (Å²) in [7, 11) is 0. The highest BCUT2D eigenvalue weighted by atomic mass is 16.6. The molecule has 4 heteroatoms. The normalized spacial score (nSPS) is 33.8. The van der Waals surface area contributed by atoms with Gasteiger partial charge < -0.3 is 9.84 Å². The molecule has 21 heavy (non-hydrogen) atoms. The van der Waals surface area contributed by atoms with Crippen LogP contribution in [0.15, 0.2) is 47.6 Å². The number of ketones is 2. The fourth-order valence-corrected chi connectivity index (χ4v) is 3.56. The van der Waals surface area contributed by atoms with Crippen molar-refractivity contribution in [2.45, 2.75) is 25.2 Å². The molecule has 1 aromatic rings. The predicted octanol–water partition coefficient (Wildman–Crippen LogP) is 2.05. The van der Waals surface area contributed by atoms with Crippen LogP contribution in [0.4, 0.5) is 0 Å². The second kappa shape index (κ2) is 4.00.